The molecule has 1 amide bonds. The zero-order valence-electron chi connectivity index (χ0n) is 14.6. The summed E-state index contributed by atoms with van der Waals surface area (Å²) in [5, 5.41) is 11.1. The summed E-state index contributed by atoms with van der Waals surface area (Å²) in [6.45, 7) is 10.00. The average molecular weight is 308 g/mol. The first-order valence-electron chi connectivity index (χ1n) is 8.85. The number of hydrogen-bond acceptors (Lipinski definition) is 3. The van der Waals surface area contributed by atoms with Gasteiger partial charge in [-0.15, -0.1) is 0 Å². The largest absolute Gasteiger partial charge is 0.390 e. The predicted octanol–water partition coefficient (Wildman–Crippen LogP) is 2.29. The number of hydrogen-bond donors (Lipinski definition) is 2. The summed E-state index contributed by atoms with van der Waals surface area (Å²) in [7, 11) is 0. The summed E-state index contributed by atoms with van der Waals surface area (Å²) in [5.74, 6) is 0.0720. The highest BCUT2D eigenvalue weighted by molar-refractivity contribution is 5.82. The van der Waals surface area contributed by atoms with Crippen LogP contribution in [0.3, 0.4) is 0 Å². The number of nitrogens with zero attached hydrogens (tertiary/aromatic N) is 1. The van der Waals surface area contributed by atoms with E-state index in [9.17, 15) is 9.90 Å². The minimum absolute atomic E-state index is 0.0720. The number of rotatable bonds is 4. The van der Waals surface area contributed by atoms with Gasteiger partial charge in [-0.2, -0.15) is 0 Å². The molecule has 3 atom stereocenters. The maximum absolute atomic E-state index is 12.9. The van der Waals surface area contributed by atoms with Gasteiger partial charge in [0.1, 0.15) is 0 Å². The number of amides is 1. The third-order valence-corrected chi connectivity index (χ3v) is 6.60. The molecule has 0 saturated heterocycles. The van der Waals surface area contributed by atoms with E-state index >= 15 is 0 Å². The highest BCUT2D eigenvalue weighted by Crippen LogP contribution is 2.71. The Hall–Kier alpha value is -0.610. The van der Waals surface area contributed by atoms with Crippen LogP contribution in [0.5, 0.6) is 0 Å². The van der Waals surface area contributed by atoms with Crippen LogP contribution < -0.4 is 5.73 Å². The van der Waals surface area contributed by atoms with E-state index in [-0.39, 0.29) is 22.2 Å². The van der Waals surface area contributed by atoms with E-state index < -0.39 is 11.6 Å². The molecule has 0 heterocycles. The minimum Gasteiger partial charge on any atom is -0.390 e. The Kier molecular flexibility index (Phi) is 3.47. The lowest BCUT2D eigenvalue weighted by Crippen LogP contribution is -2.68. The summed E-state index contributed by atoms with van der Waals surface area (Å²) in [4.78, 5) is 14.7. The summed E-state index contributed by atoms with van der Waals surface area (Å²) in [6, 6.07) is -0.474. The van der Waals surface area contributed by atoms with Crippen LogP contribution in [-0.2, 0) is 4.79 Å². The van der Waals surface area contributed by atoms with Gasteiger partial charge in [0.2, 0.25) is 5.91 Å². The quantitative estimate of drug-likeness (QED) is 0.837. The summed E-state index contributed by atoms with van der Waals surface area (Å²) < 4.78 is 0. The molecule has 4 saturated carbocycles. The van der Waals surface area contributed by atoms with E-state index in [1.165, 1.54) is 0 Å². The van der Waals surface area contributed by atoms with Crippen LogP contribution in [0.4, 0.5) is 0 Å². The van der Waals surface area contributed by atoms with Gasteiger partial charge in [0.15, 0.2) is 0 Å². The third-order valence-electron chi connectivity index (χ3n) is 6.60. The molecule has 4 heteroatoms. The maximum Gasteiger partial charge on any atom is 0.240 e. The smallest absolute Gasteiger partial charge is 0.240 e. The van der Waals surface area contributed by atoms with Crippen molar-refractivity contribution in [2.24, 2.45) is 22.0 Å². The molecule has 0 spiro atoms. The van der Waals surface area contributed by atoms with Gasteiger partial charge in [-0.1, -0.05) is 13.8 Å². The number of likely N-dealkylation sites (N-methyl/N-ethyl adjacent to an activating group) is 1. The fourth-order valence-electron chi connectivity index (χ4n) is 7.05. The molecular weight excluding hydrogens is 276 g/mol. The van der Waals surface area contributed by atoms with Crippen molar-refractivity contribution in [3.8, 4) is 0 Å². The zero-order chi connectivity index (χ0) is 16.4. The fourth-order valence-corrected chi connectivity index (χ4v) is 7.05. The van der Waals surface area contributed by atoms with Crippen molar-refractivity contribution in [2.75, 3.05) is 13.1 Å². The lowest BCUT2D eigenvalue weighted by atomic mass is 9.38. The van der Waals surface area contributed by atoms with Gasteiger partial charge in [0.25, 0.3) is 0 Å². The second-order valence-corrected chi connectivity index (χ2v) is 9.26. The second-order valence-electron chi connectivity index (χ2n) is 9.26. The maximum atomic E-state index is 12.9. The Morgan fingerprint density at radius 2 is 1.55 bits per heavy atom. The topological polar surface area (TPSA) is 66.6 Å². The molecule has 126 valence electrons. The van der Waals surface area contributed by atoms with Gasteiger partial charge < -0.3 is 15.7 Å². The van der Waals surface area contributed by atoms with Crippen LogP contribution in [0.15, 0.2) is 0 Å². The monoisotopic (exact) mass is 308 g/mol. The van der Waals surface area contributed by atoms with Crippen molar-refractivity contribution >= 4 is 5.91 Å². The van der Waals surface area contributed by atoms with Crippen molar-refractivity contribution in [2.45, 2.75) is 77.9 Å². The molecule has 4 aliphatic rings. The first-order valence-corrected chi connectivity index (χ1v) is 8.85. The Morgan fingerprint density at radius 3 is 1.95 bits per heavy atom. The van der Waals surface area contributed by atoms with E-state index in [0.29, 0.717) is 19.5 Å². The van der Waals surface area contributed by atoms with Crippen LogP contribution in [0.1, 0.15) is 66.2 Å². The number of carbonyl (C=O) groups is 1. The molecule has 0 aromatic carbocycles. The molecular formula is C18H32N2O2. The number of carbonyl (C=O) groups excluding carboxylic acids is 1. The Labute approximate surface area is 134 Å². The lowest BCUT2D eigenvalue weighted by Gasteiger charge is -2.69. The van der Waals surface area contributed by atoms with Gasteiger partial charge in [-0.05, 0) is 68.6 Å². The van der Waals surface area contributed by atoms with Crippen LogP contribution in [0.2, 0.25) is 0 Å². The fraction of sp³-hybridized carbons (Fsp3) is 0.944. The predicted molar refractivity (Wildman–Crippen MR) is 87.2 cm³/mol. The van der Waals surface area contributed by atoms with E-state index in [4.69, 9.17) is 5.73 Å². The third kappa shape index (κ3) is 2.30. The van der Waals surface area contributed by atoms with Gasteiger partial charge in [-0.3, -0.25) is 4.79 Å². The molecule has 0 aromatic rings. The van der Waals surface area contributed by atoms with Crippen LogP contribution in [-0.4, -0.2) is 40.6 Å². The van der Waals surface area contributed by atoms with Gasteiger partial charge in [-0.25, -0.2) is 0 Å². The van der Waals surface area contributed by atoms with E-state index in [2.05, 4.69) is 13.8 Å². The first kappa shape index (κ1) is 16.3. The first-order chi connectivity index (χ1) is 10.1. The molecule has 3 N–H and O–H groups in total. The standard InChI is InChI=1S/C18H32N2O2/c1-5-20(6-2)14(21)13(19)17-8-15(3)7-16(4,9-17)11-18(22,10-15)12-17/h13,22H,5-12,19H2,1-4H3/t13-,15?,16?,17?,18?/m1/s1. The molecule has 2 unspecified atom stereocenters. The second kappa shape index (κ2) is 4.70. The molecule has 0 radical (unpaired) electrons. The minimum atomic E-state index is -0.612. The van der Waals surface area contributed by atoms with E-state index in [1.807, 2.05) is 18.7 Å². The summed E-state index contributed by atoms with van der Waals surface area (Å²) in [6.07, 6.45) is 5.61. The van der Waals surface area contributed by atoms with Crippen molar-refractivity contribution in [1.82, 2.24) is 4.90 Å². The molecule has 4 nitrogen and oxygen atoms in total. The molecule has 22 heavy (non-hydrogen) atoms. The Morgan fingerprint density at radius 1 is 1.05 bits per heavy atom. The van der Waals surface area contributed by atoms with Crippen LogP contribution in [0.25, 0.3) is 0 Å². The van der Waals surface area contributed by atoms with Gasteiger partial charge in [0.05, 0.1) is 11.6 Å². The Balaban J connectivity index is 1.94. The number of aliphatic hydroxyl groups is 1. The van der Waals surface area contributed by atoms with Gasteiger partial charge in [0, 0.05) is 13.1 Å². The van der Waals surface area contributed by atoms with E-state index in [1.54, 1.807) is 0 Å². The zero-order valence-corrected chi connectivity index (χ0v) is 14.6. The molecule has 4 rings (SSSR count). The summed E-state index contributed by atoms with van der Waals surface area (Å²) in [5.41, 5.74) is 5.99. The highest BCUT2D eigenvalue weighted by Gasteiger charge is 2.67. The summed E-state index contributed by atoms with van der Waals surface area (Å²) >= 11 is 0. The molecule has 4 aliphatic carbocycles. The normalized spacial score (nSPS) is 47.5. The van der Waals surface area contributed by atoms with Crippen molar-refractivity contribution in [3.63, 3.8) is 0 Å². The van der Waals surface area contributed by atoms with Crippen molar-refractivity contribution in [1.29, 1.82) is 0 Å². The molecule has 4 fully saturated rings. The van der Waals surface area contributed by atoms with Crippen LogP contribution in [0, 0.1) is 16.2 Å². The number of nitrogens with two attached hydrogens (primary N) is 1. The SMILES string of the molecule is CCN(CC)C(=O)[C@@H](N)C12CC3(C)CC(C)(CC(O)(C3)C1)C2. The molecule has 4 bridgehead atoms. The highest BCUT2D eigenvalue weighted by atomic mass is 16.3. The van der Waals surface area contributed by atoms with E-state index in [0.717, 1.165) is 32.1 Å². The molecule has 0 aromatic heterocycles. The van der Waals surface area contributed by atoms with Crippen molar-refractivity contribution < 1.29 is 9.90 Å². The van der Waals surface area contributed by atoms with Crippen molar-refractivity contribution in [3.05, 3.63) is 0 Å². The lowest BCUT2D eigenvalue weighted by molar-refractivity contribution is -0.230. The van der Waals surface area contributed by atoms with Crippen LogP contribution >= 0.6 is 0 Å². The average Bonchev–Trinajstić information content (AvgIpc) is 2.33. The molecule has 0 aliphatic heterocycles. The Bertz CT molecular complexity index is 432. The van der Waals surface area contributed by atoms with Gasteiger partial charge >= 0.3 is 0 Å².